The fourth-order valence-corrected chi connectivity index (χ4v) is 2.67. The van der Waals surface area contributed by atoms with Gasteiger partial charge in [-0.25, -0.2) is 5.48 Å². The number of aromatic nitrogens is 1. The lowest BCUT2D eigenvalue weighted by Gasteiger charge is -2.26. The maximum absolute atomic E-state index is 12.3. The van der Waals surface area contributed by atoms with Crippen molar-refractivity contribution in [2.24, 2.45) is 0 Å². The maximum Gasteiger partial charge on any atom is 0.268 e. The standard InChI is InChI=1S/C13H18N4O3/c18-12-10(8-20-16-12)15-13(19)11-2-1-7-17(11)9-3-5-14-6-4-9/h1-2,7,9-10,14H,3-6,8H2,(H,15,19)(H,16,18)/t10-/m1/s1. The fraction of sp³-hybridized carbons (Fsp3) is 0.538. The van der Waals surface area contributed by atoms with Crippen LogP contribution in [0.1, 0.15) is 29.4 Å². The predicted octanol–water partition coefficient (Wildman–Crippen LogP) is -0.428. The predicted molar refractivity (Wildman–Crippen MR) is 70.9 cm³/mol. The van der Waals surface area contributed by atoms with Crippen molar-refractivity contribution in [1.29, 1.82) is 0 Å². The molecule has 0 radical (unpaired) electrons. The lowest BCUT2D eigenvalue weighted by atomic mass is 10.1. The molecular weight excluding hydrogens is 260 g/mol. The third kappa shape index (κ3) is 2.54. The summed E-state index contributed by atoms with van der Waals surface area (Å²) in [7, 11) is 0. The third-order valence-electron chi connectivity index (χ3n) is 3.76. The van der Waals surface area contributed by atoms with Crippen molar-refractivity contribution in [3.05, 3.63) is 24.0 Å². The first-order valence-corrected chi connectivity index (χ1v) is 6.86. The number of hydrogen-bond donors (Lipinski definition) is 3. The van der Waals surface area contributed by atoms with E-state index < -0.39 is 6.04 Å². The minimum Gasteiger partial charge on any atom is -0.340 e. The molecule has 1 aromatic heterocycles. The first-order chi connectivity index (χ1) is 9.75. The van der Waals surface area contributed by atoms with Crippen LogP contribution in [0, 0.1) is 0 Å². The second-order valence-corrected chi connectivity index (χ2v) is 5.09. The molecule has 7 nitrogen and oxygen atoms in total. The number of rotatable bonds is 3. The van der Waals surface area contributed by atoms with Gasteiger partial charge < -0.3 is 15.2 Å². The molecule has 20 heavy (non-hydrogen) atoms. The summed E-state index contributed by atoms with van der Waals surface area (Å²) < 4.78 is 2.00. The van der Waals surface area contributed by atoms with Gasteiger partial charge in [0.05, 0.1) is 0 Å². The van der Waals surface area contributed by atoms with Gasteiger partial charge in [-0.3, -0.25) is 14.4 Å². The summed E-state index contributed by atoms with van der Waals surface area (Å²) in [5.41, 5.74) is 2.82. The third-order valence-corrected chi connectivity index (χ3v) is 3.76. The largest absolute Gasteiger partial charge is 0.340 e. The van der Waals surface area contributed by atoms with Crippen molar-refractivity contribution < 1.29 is 14.4 Å². The molecule has 0 aliphatic carbocycles. The molecule has 2 saturated heterocycles. The average Bonchev–Trinajstić information content (AvgIpc) is 3.09. The van der Waals surface area contributed by atoms with Crippen LogP contribution in [-0.2, 0) is 9.63 Å². The minimum atomic E-state index is -0.612. The quantitative estimate of drug-likeness (QED) is 0.700. The van der Waals surface area contributed by atoms with E-state index in [1.54, 1.807) is 6.07 Å². The Bertz CT molecular complexity index is 507. The lowest BCUT2D eigenvalue weighted by molar-refractivity contribution is -0.125. The Kier molecular flexibility index (Phi) is 3.70. The normalized spacial score (nSPS) is 23.6. The van der Waals surface area contributed by atoms with Crippen LogP contribution in [0.2, 0.25) is 0 Å². The van der Waals surface area contributed by atoms with E-state index >= 15 is 0 Å². The summed E-state index contributed by atoms with van der Waals surface area (Å²) in [5.74, 6) is -0.544. The second kappa shape index (κ2) is 5.64. The van der Waals surface area contributed by atoms with E-state index in [1.807, 2.05) is 16.8 Å². The molecular formula is C13H18N4O3. The molecule has 3 N–H and O–H groups in total. The van der Waals surface area contributed by atoms with E-state index in [4.69, 9.17) is 4.84 Å². The highest BCUT2D eigenvalue weighted by Gasteiger charge is 2.29. The maximum atomic E-state index is 12.3. The zero-order valence-corrected chi connectivity index (χ0v) is 11.1. The number of piperidine rings is 1. The number of amides is 2. The Morgan fingerprint density at radius 1 is 1.40 bits per heavy atom. The minimum absolute atomic E-state index is 0.165. The van der Waals surface area contributed by atoms with Crippen molar-refractivity contribution in [1.82, 2.24) is 20.7 Å². The first-order valence-electron chi connectivity index (χ1n) is 6.86. The van der Waals surface area contributed by atoms with E-state index in [0.717, 1.165) is 25.9 Å². The van der Waals surface area contributed by atoms with Crippen molar-refractivity contribution >= 4 is 11.8 Å². The van der Waals surface area contributed by atoms with Crippen molar-refractivity contribution in [3.8, 4) is 0 Å². The monoisotopic (exact) mass is 278 g/mol. The van der Waals surface area contributed by atoms with Gasteiger partial charge >= 0.3 is 0 Å². The Morgan fingerprint density at radius 2 is 2.20 bits per heavy atom. The second-order valence-electron chi connectivity index (χ2n) is 5.09. The molecule has 2 aliphatic rings. The molecule has 2 fully saturated rings. The Balaban J connectivity index is 1.71. The molecule has 3 rings (SSSR count). The summed E-state index contributed by atoms with van der Waals surface area (Å²) in [4.78, 5) is 28.5. The van der Waals surface area contributed by atoms with E-state index in [9.17, 15) is 9.59 Å². The number of carbonyl (C=O) groups is 2. The summed E-state index contributed by atoms with van der Waals surface area (Å²) in [5, 5.41) is 6.00. The van der Waals surface area contributed by atoms with E-state index in [0.29, 0.717) is 11.7 Å². The summed E-state index contributed by atoms with van der Waals surface area (Å²) in [6.07, 6.45) is 3.93. The van der Waals surface area contributed by atoms with Crippen LogP contribution in [0.15, 0.2) is 18.3 Å². The summed E-state index contributed by atoms with van der Waals surface area (Å²) >= 11 is 0. The average molecular weight is 278 g/mol. The van der Waals surface area contributed by atoms with Crippen LogP contribution in [0.4, 0.5) is 0 Å². The van der Waals surface area contributed by atoms with Gasteiger partial charge in [-0.1, -0.05) is 0 Å². The first kappa shape index (κ1) is 13.1. The summed E-state index contributed by atoms with van der Waals surface area (Å²) in [6, 6.07) is 3.37. The number of carbonyl (C=O) groups excluding carboxylic acids is 2. The van der Waals surface area contributed by atoms with Crippen LogP contribution in [0.3, 0.4) is 0 Å². The Hall–Kier alpha value is -1.86. The zero-order valence-electron chi connectivity index (χ0n) is 11.1. The number of hydroxylamine groups is 1. The van der Waals surface area contributed by atoms with Gasteiger partial charge in [0, 0.05) is 12.2 Å². The highest BCUT2D eigenvalue weighted by Crippen LogP contribution is 2.21. The van der Waals surface area contributed by atoms with Crippen molar-refractivity contribution in [2.75, 3.05) is 19.7 Å². The fourth-order valence-electron chi connectivity index (χ4n) is 2.67. The summed E-state index contributed by atoms with van der Waals surface area (Å²) in [6.45, 7) is 2.09. The topological polar surface area (TPSA) is 84.4 Å². The molecule has 108 valence electrons. The van der Waals surface area contributed by atoms with Crippen LogP contribution in [-0.4, -0.2) is 42.1 Å². The van der Waals surface area contributed by atoms with Gasteiger partial charge in [0.15, 0.2) is 0 Å². The SMILES string of the molecule is O=C(N[C@@H]1CONC1=O)c1cccn1C1CCNCC1. The van der Waals surface area contributed by atoms with Crippen LogP contribution >= 0.6 is 0 Å². The van der Waals surface area contributed by atoms with Gasteiger partial charge in [0.25, 0.3) is 11.8 Å². The van der Waals surface area contributed by atoms with Crippen molar-refractivity contribution in [2.45, 2.75) is 24.9 Å². The molecule has 0 unspecified atom stereocenters. The molecule has 0 bridgehead atoms. The zero-order chi connectivity index (χ0) is 13.9. The molecule has 3 heterocycles. The Morgan fingerprint density at radius 3 is 2.90 bits per heavy atom. The molecule has 2 aliphatic heterocycles. The molecule has 0 saturated carbocycles. The van der Waals surface area contributed by atoms with Crippen LogP contribution in [0.25, 0.3) is 0 Å². The highest BCUT2D eigenvalue weighted by atomic mass is 16.7. The van der Waals surface area contributed by atoms with Gasteiger partial charge in [0.1, 0.15) is 18.3 Å². The molecule has 7 heteroatoms. The lowest BCUT2D eigenvalue weighted by Crippen LogP contribution is -2.42. The number of hydrogen-bond acceptors (Lipinski definition) is 4. The van der Waals surface area contributed by atoms with Gasteiger partial charge in [-0.15, -0.1) is 0 Å². The van der Waals surface area contributed by atoms with E-state index in [2.05, 4.69) is 16.1 Å². The molecule has 1 atom stereocenters. The number of nitrogens with one attached hydrogen (secondary N) is 3. The smallest absolute Gasteiger partial charge is 0.268 e. The van der Waals surface area contributed by atoms with Gasteiger partial charge in [-0.2, -0.15) is 0 Å². The Labute approximate surface area is 116 Å². The van der Waals surface area contributed by atoms with Gasteiger partial charge in [0.2, 0.25) is 0 Å². The molecule has 0 spiro atoms. The van der Waals surface area contributed by atoms with Crippen LogP contribution in [0.5, 0.6) is 0 Å². The molecule has 0 aromatic carbocycles. The van der Waals surface area contributed by atoms with E-state index in [-0.39, 0.29) is 18.4 Å². The van der Waals surface area contributed by atoms with Crippen LogP contribution < -0.4 is 16.1 Å². The number of nitrogens with zero attached hydrogens (tertiary/aromatic N) is 1. The van der Waals surface area contributed by atoms with Crippen molar-refractivity contribution in [3.63, 3.8) is 0 Å². The molecule has 1 aromatic rings. The van der Waals surface area contributed by atoms with Gasteiger partial charge in [-0.05, 0) is 38.1 Å². The van der Waals surface area contributed by atoms with E-state index in [1.165, 1.54) is 0 Å². The molecule has 2 amide bonds. The highest BCUT2D eigenvalue weighted by molar-refractivity contribution is 5.96.